The monoisotopic (exact) mass is 910 g/mol. The molecule has 0 saturated heterocycles. The highest BCUT2D eigenvalue weighted by molar-refractivity contribution is 6.23. The summed E-state index contributed by atoms with van der Waals surface area (Å²) >= 11 is 0. The van der Waals surface area contributed by atoms with Crippen LogP contribution in [0.5, 0.6) is 0 Å². The highest BCUT2D eigenvalue weighted by Gasteiger charge is 2.39. The number of fused-ring (bicyclic) bond motifs is 7. The van der Waals surface area contributed by atoms with E-state index in [-0.39, 0.29) is 10.8 Å². The van der Waals surface area contributed by atoms with Gasteiger partial charge in [-0.15, -0.1) is 0 Å². The summed E-state index contributed by atoms with van der Waals surface area (Å²) in [7, 11) is 0. The van der Waals surface area contributed by atoms with Gasteiger partial charge in [-0.2, -0.15) is 0 Å². The molecule has 71 heavy (non-hydrogen) atoms. The minimum atomic E-state index is -0.0507. The molecule has 0 spiro atoms. The van der Waals surface area contributed by atoms with E-state index in [1.54, 1.807) is 11.1 Å². The molecule has 2 heteroatoms. The summed E-state index contributed by atoms with van der Waals surface area (Å²) in [5.74, 6) is 0.941. The molecule has 0 N–H and O–H groups in total. The first-order chi connectivity index (χ1) is 34.7. The average Bonchev–Trinajstić information content (AvgIpc) is 4.00. The van der Waals surface area contributed by atoms with Gasteiger partial charge in [0.1, 0.15) is 5.82 Å². The van der Waals surface area contributed by atoms with E-state index in [2.05, 4.69) is 239 Å². The summed E-state index contributed by atoms with van der Waals surface area (Å²) in [6.45, 7) is 9.77. The zero-order valence-electron chi connectivity index (χ0n) is 40.9. The molecule has 0 bridgehead atoms. The van der Waals surface area contributed by atoms with E-state index in [0.29, 0.717) is 0 Å². The van der Waals surface area contributed by atoms with Crippen LogP contribution in [0.15, 0.2) is 217 Å². The van der Waals surface area contributed by atoms with Crippen LogP contribution < -0.4 is 0 Å². The number of nitrogens with zero attached hydrogens (tertiary/aromatic N) is 2. The van der Waals surface area contributed by atoms with Gasteiger partial charge in [-0.1, -0.05) is 197 Å². The van der Waals surface area contributed by atoms with E-state index in [0.717, 1.165) is 53.8 Å². The molecule has 0 fully saturated rings. The molecule has 0 saturated carbocycles. The fourth-order valence-electron chi connectivity index (χ4n) is 13.1. The summed E-state index contributed by atoms with van der Waals surface area (Å²) in [5.41, 5.74) is 25.7. The number of allylic oxidation sites excluding steroid dienone is 8. The third kappa shape index (κ3) is 6.37. The Morgan fingerprint density at radius 2 is 0.873 bits per heavy atom. The minimum Gasteiger partial charge on any atom is -0.292 e. The van der Waals surface area contributed by atoms with E-state index >= 15 is 0 Å². The van der Waals surface area contributed by atoms with Crippen molar-refractivity contribution in [2.75, 3.05) is 0 Å². The molecule has 14 rings (SSSR count). The van der Waals surface area contributed by atoms with Crippen molar-refractivity contribution >= 4 is 43.7 Å². The van der Waals surface area contributed by atoms with Crippen LogP contribution in [0.25, 0.3) is 105 Å². The fourth-order valence-corrected chi connectivity index (χ4v) is 13.1. The number of benzene rings is 9. The number of aromatic nitrogens is 2. The average molecular weight is 911 g/mol. The maximum atomic E-state index is 5.14. The summed E-state index contributed by atoms with van der Waals surface area (Å²) < 4.78 is 2.30. The van der Waals surface area contributed by atoms with Crippen LogP contribution >= 0.6 is 0 Å². The molecule has 0 unspecified atom stereocenters. The van der Waals surface area contributed by atoms with Crippen LogP contribution in [0, 0.1) is 0 Å². The van der Waals surface area contributed by atoms with Gasteiger partial charge in [-0.05, 0) is 174 Å². The third-order valence-corrected chi connectivity index (χ3v) is 16.7. The Morgan fingerprint density at radius 3 is 1.42 bits per heavy atom. The van der Waals surface area contributed by atoms with E-state index in [4.69, 9.17) is 4.98 Å². The van der Waals surface area contributed by atoms with Crippen molar-refractivity contribution in [3.8, 4) is 61.6 Å². The second kappa shape index (κ2) is 15.7. The lowest BCUT2D eigenvalue weighted by atomic mass is 9.77. The Morgan fingerprint density at radius 1 is 0.408 bits per heavy atom. The Kier molecular flexibility index (Phi) is 9.27. The quantitative estimate of drug-likeness (QED) is 0.152. The summed E-state index contributed by atoms with van der Waals surface area (Å²) in [5, 5.41) is 5.08. The zero-order valence-corrected chi connectivity index (χ0v) is 40.9. The lowest BCUT2D eigenvalue weighted by Gasteiger charge is -2.27. The molecule has 1 aromatic heterocycles. The Hall–Kier alpha value is -8.07. The number of hydrogen-bond donors (Lipinski definition) is 0. The normalized spacial score (nSPS) is 16.2. The van der Waals surface area contributed by atoms with Crippen molar-refractivity contribution in [3.05, 3.63) is 240 Å². The van der Waals surface area contributed by atoms with Gasteiger partial charge in [0.05, 0.1) is 11.0 Å². The van der Waals surface area contributed by atoms with Crippen LogP contribution in [0.4, 0.5) is 0 Å². The van der Waals surface area contributed by atoms with Crippen molar-refractivity contribution in [2.45, 2.75) is 64.2 Å². The summed E-state index contributed by atoms with van der Waals surface area (Å²) in [6, 6.07) is 68.3. The minimum absolute atomic E-state index is 0.0456. The number of para-hydroxylation sites is 2. The first-order valence-electron chi connectivity index (χ1n) is 25.6. The second-order valence-electron chi connectivity index (χ2n) is 21.2. The lowest BCUT2D eigenvalue weighted by Crippen LogP contribution is -2.17. The molecule has 4 aliphatic rings. The smallest absolute Gasteiger partial charge is 0.145 e. The molecule has 340 valence electrons. The Bertz CT molecular complexity index is 4000. The predicted octanol–water partition coefficient (Wildman–Crippen LogP) is 18.5. The van der Waals surface area contributed by atoms with Crippen molar-refractivity contribution in [3.63, 3.8) is 0 Å². The van der Waals surface area contributed by atoms with Crippen LogP contribution in [0.1, 0.15) is 75.6 Å². The largest absolute Gasteiger partial charge is 0.292 e. The Labute approximate surface area is 416 Å². The van der Waals surface area contributed by atoms with Crippen LogP contribution in [0.3, 0.4) is 0 Å². The molecule has 0 radical (unpaired) electrons. The van der Waals surface area contributed by atoms with Gasteiger partial charge < -0.3 is 0 Å². The highest BCUT2D eigenvalue weighted by Crippen LogP contribution is 2.55. The van der Waals surface area contributed by atoms with E-state index in [9.17, 15) is 0 Å². The fraction of sp³-hybridized carbons (Fsp3) is 0.145. The maximum Gasteiger partial charge on any atom is 0.145 e. The van der Waals surface area contributed by atoms with E-state index < -0.39 is 0 Å². The van der Waals surface area contributed by atoms with Crippen molar-refractivity contribution in [1.82, 2.24) is 9.55 Å². The van der Waals surface area contributed by atoms with Crippen molar-refractivity contribution in [1.29, 1.82) is 0 Å². The summed E-state index contributed by atoms with van der Waals surface area (Å²) in [6.07, 6.45) is 13.9. The van der Waals surface area contributed by atoms with Gasteiger partial charge in [0.15, 0.2) is 0 Å². The van der Waals surface area contributed by atoms with Gasteiger partial charge >= 0.3 is 0 Å². The number of hydrogen-bond acceptors (Lipinski definition) is 1. The molecule has 0 atom stereocenters. The molecular formula is C69H54N2. The predicted molar refractivity (Wildman–Crippen MR) is 300 cm³/mol. The van der Waals surface area contributed by atoms with Gasteiger partial charge in [-0.3, -0.25) is 4.57 Å². The standard InChI is InChI=1S/C69H54N2/c1-68(2)59-23-13-11-21-51(59)53-35-31-48(41-61(53)68)65-56-38-30-47(44-27-33-50(34-28-44)71-64-26-16-15-25-63(64)70-67(71)45-19-9-6-10-20-45)40-58(56)66(55-37-29-46(39-57(55)65)43-17-7-5-8-18-43)49-32-36-54-52-22-12-14-24-60(52)69(3,4)62(54)42-49/h5-12,15-22,25-42H,13-14,23-24H2,1-4H3. The van der Waals surface area contributed by atoms with Crippen LogP contribution in [-0.2, 0) is 10.8 Å². The molecule has 10 aromatic rings. The molecule has 0 amide bonds. The van der Waals surface area contributed by atoms with E-state index in [1.165, 1.54) is 99.5 Å². The van der Waals surface area contributed by atoms with E-state index in [1.807, 2.05) is 0 Å². The Balaban J connectivity index is 1.01. The SMILES string of the molecule is CC1(C)C2=C(C=CCC2)c2ccc(-c3c4ccc(-c5ccc(-n6c(-c7ccccc7)nc7ccccc76)cc5)cc4c(-c4ccc5c(c4)C(C)(C)C4=C5C=CCC4)c4ccc(-c5ccccc5)cc34)cc21. The first kappa shape index (κ1) is 41.9. The number of imidazole rings is 1. The van der Waals surface area contributed by atoms with Gasteiger partial charge in [0.2, 0.25) is 0 Å². The molecule has 1 heterocycles. The topological polar surface area (TPSA) is 17.8 Å². The molecule has 2 nitrogen and oxygen atoms in total. The van der Waals surface area contributed by atoms with Gasteiger partial charge in [0, 0.05) is 22.1 Å². The van der Waals surface area contributed by atoms with Crippen molar-refractivity contribution in [2.24, 2.45) is 0 Å². The maximum absolute atomic E-state index is 5.14. The molecule has 0 aliphatic heterocycles. The number of rotatable bonds is 6. The zero-order chi connectivity index (χ0) is 47.6. The third-order valence-electron chi connectivity index (χ3n) is 16.7. The van der Waals surface area contributed by atoms with Crippen LogP contribution in [-0.4, -0.2) is 9.55 Å². The highest BCUT2D eigenvalue weighted by atomic mass is 15.1. The molecule has 9 aromatic carbocycles. The van der Waals surface area contributed by atoms with Gasteiger partial charge in [-0.25, -0.2) is 4.98 Å². The lowest BCUT2D eigenvalue weighted by molar-refractivity contribution is 0.607. The van der Waals surface area contributed by atoms with Crippen LogP contribution in [0.2, 0.25) is 0 Å². The second-order valence-corrected chi connectivity index (χ2v) is 21.2. The first-order valence-corrected chi connectivity index (χ1v) is 25.6. The summed E-state index contributed by atoms with van der Waals surface area (Å²) in [4.78, 5) is 5.14. The molecular weight excluding hydrogens is 857 g/mol. The van der Waals surface area contributed by atoms with Gasteiger partial charge in [0.25, 0.3) is 0 Å². The molecule has 4 aliphatic carbocycles. The van der Waals surface area contributed by atoms with Crippen molar-refractivity contribution < 1.29 is 0 Å².